The van der Waals surface area contributed by atoms with Crippen LogP contribution < -0.4 is 0 Å². The van der Waals surface area contributed by atoms with Crippen LogP contribution in [-0.2, 0) is 0 Å². The molecule has 0 fully saturated rings. The number of aromatic nitrogens is 1. The molecule has 21 heavy (non-hydrogen) atoms. The Bertz CT molecular complexity index is 678. The number of nitrogens with zero attached hydrogens (tertiary/aromatic N) is 2. The number of halogens is 3. The van der Waals surface area contributed by atoms with Crippen molar-refractivity contribution in [1.29, 1.82) is 0 Å². The molecule has 6 heteroatoms. The van der Waals surface area contributed by atoms with E-state index in [0.717, 1.165) is 12.1 Å². The van der Waals surface area contributed by atoms with Crippen molar-refractivity contribution in [1.82, 2.24) is 9.88 Å². The van der Waals surface area contributed by atoms with Gasteiger partial charge in [0.15, 0.2) is 11.6 Å². The number of pyridine rings is 1. The Labute approximate surface area is 126 Å². The van der Waals surface area contributed by atoms with E-state index in [4.69, 9.17) is 11.6 Å². The highest BCUT2D eigenvalue weighted by molar-refractivity contribution is 6.30. The number of hydrogen-bond acceptors (Lipinski definition) is 2. The molecular weight excluding hydrogens is 298 g/mol. The van der Waals surface area contributed by atoms with Gasteiger partial charge in [-0.15, -0.1) is 0 Å². The largest absolute Gasteiger partial charge is 0.334 e. The second-order valence-corrected chi connectivity index (χ2v) is 5.06. The van der Waals surface area contributed by atoms with Crippen molar-refractivity contribution < 1.29 is 13.6 Å². The Morgan fingerprint density at radius 3 is 2.57 bits per heavy atom. The van der Waals surface area contributed by atoms with E-state index in [1.165, 1.54) is 23.2 Å². The fraction of sp³-hybridized carbons (Fsp3) is 0.200. The molecule has 1 heterocycles. The second-order valence-electron chi connectivity index (χ2n) is 4.62. The first-order valence-corrected chi connectivity index (χ1v) is 6.61. The summed E-state index contributed by atoms with van der Waals surface area (Å²) in [6.07, 6.45) is 1.44. The van der Waals surface area contributed by atoms with Gasteiger partial charge >= 0.3 is 0 Å². The molecule has 0 saturated carbocycles. The lowest BCUT2D eigenvalue weighted by atomic mass is 10.1. The van der Waals surface area contributed by atoms with Crippen LogP contribution in [0.5, 0.6) is 0 Å². The number of hydrogen-bond donors (Lipinski definition) is 0. The minimum absolute atomic E-state index is 0.194. The standard InChI is InChI=1S/C15H13ClF2N2O/c1-9(10-3-4-12(17)13(18)7-10)20(2)15(21)14-8-11(16)5-6-19-14/h3-9H,1-2H3. The number of rotatable bonds is 3. The van der Waals surface area contributed by atoms with Gasteiger partial charge in [0.2, 0.25) is 0 Å². The Balaban J connectivity index is 2.24. The molecule has 1 aromatic carbocycles. The molecule has 3 nitrogen and oxygen atoms in total. The second kappa shape index (κ2) is 6.18. The molecule has 2 aromatic rings. The van der Waals surface area contributed by atoms with E-state index in [1.807, 2.05) is 0 Å². The molecule has 0 spiro atoms. The summed E-state index contributed by atoms with van der Waals surface area (Å²) < 4.78 is 26.2. The minimum Gasteiger partial charge on any atom is -0.334 e. The van der Waals surface area contributed by atoms with Gasteiger partial charge in [-0.1, -0.05) is 17.7 Å². The normalized spacial score (nSPS) is 12.0. The molecular formula is C15H13ClF2N2O. The first-order chi connectivity index (χ1) is 9.90. The number of carbonyl (C=O) groups excluding carboxylic acids is 1. The van der Waals surface area contributed by atoms with Crippen LogP contribution in [-0.4, -0.2) is 22.8 Å². The Kier molecular flexibility index (Phi) is 4.53. The average Bonchev–Trinajstić information content (AvgIpc) is 2.47. The first-order valence-electron chi connectivity index (χ1n) is 6.24. The van der Waals surface area contributed by atoms with Gasteiger partial charge in [0.05, 0.1) is 6.04 Å². The van der Waals surface area contributed by atoms with Crippen LogP contribution >= 0.6 is 11.6 Å². The zero-order chi connectivity index (χ0) is 15.6. The van der Waals surface area contributed by atoms with Gasteiger partial charge in [0.1, 0.15) is 5.69 Å². The van der Waals surface area contributed by atoms with Crippen molar-refractivity contribution in [3.63, 3.8) is 0 Å². The number of amides is 1. The lowest BCUT2D eigenvalue weighted by molar-refractivity contribution is 0.0736. The maximum absolute atomic E-state index is 13.3. The minimum atomic E-state index is -0.943. The van der Waals surface area contributed by atoms with E-state index in [0.29, 0.717) is 10.6 Å². The fourth-order valence-electron chi connectivity index (χ4n) is 1.87. The smallest absolute Gasteiger partial charge is 0.272 e. The van der Waals surface area contributed by atoms with Crippen LogP contribution in [0.1, 0.15) is 29.0 Å². The molecule has 0 aliphatic carbocycles. The molecule has 1 atom stereocenters. The molecule has 0 aliphatic rings. The quantitative estimate of drug-likeness (QED) is 0.863. The third-order valence-corrected chi connectivity index (χ3v) is 3.50. The summed E-state index contributed by atoms with van der Waals surface area (Å²) in [5, 5.41) is 0.405. The van der Waals surface area contributed by atoms with Crippen LogP contribution in [0.4, 0.5) is 8.78 Å². The number of carbonyl (C=O) groups is 1. The van der Waals surface area contributed by atoms with Gasteiger partial charge in [-0.2, -0.15) is 0 Å². The van der Waals surface area contributed by atoms with Crippen LogP contribution in [0.3, 0.4) is 0 Å². The summed E-state index contributed by atoms with van der Waals surface area (Å²) in [5.74, 6) is -2.22. The first kappa shape index (κ1) is 15.4. The summed E-state index contributed by atoms with van der Waals surface area (Å²) in [6, 6.07) is 6.15. The SMILES string of the molecule is CC(c1ccc(F)c(F)c1)N(C)C(=O)c1cc(Cl)ccn1. The maximum atomic E-state index is 13.3. The van der Waals surface area contributed by atoms with E-state index in [9.17, 15) is 13.6 Å². The van der Waals surface area contributed by atoms with Gasteiger partial charge in [0, 0.05) is 18.3 Å². The highest BCUT2D eigenvalue weighted by atomic mass is 35.5. The van der Waals surface area contributed by atoms with Gasteiger partial charge in [-0.25, -0.2) is 8.78 Å². The van der Waals surface area contributed by atoms with Gasteiger partial charge in [-0.3, -0.25) is 9.78 Å². The Hall–Kier alpha value is -2.01. The molecule has 0 radical (unpaired) electrons. The van der Waals surface area contributed by atoms with Gasteiger partial charge < -0.3 is 4.90 Å². The fourth-order valence-corrected chi connectivity index (χ4v) is 2.03. The molecule has 0 saturated heterocycles. The van der Waals surface area contributed by atoms with E-state index in [-0.39, 0.29) is 11.6 Å². The van der Waals surface area contributed by atoms with Crippen LogP contribution in [0.25, 0.3) is 0 Å². The van der Waals surface area contributed by atoms with Crippen molar-refractivity contribution in [2.75, 3.05) is 7.05 Å². The van der Waals surface area contributed by atoms with Crippen molar-refractivity contribution in [2.24, 2.45) is 0 Å². The van der Waals surface area contributed by atoms with Crippen molar-refractivity contribution in [3.8, 4) is 0 Å². The van der Waals surface area contributed by atoms with Gasteiger partial charge in [-0.05, 0) is 36.8 Å². The van der Waals surface area contributed by atoms with Crippen molar-refractivity contribution >= 4 is 17.5 Å². The average molecular weight is 311 g/mol. The van der Waals surface area contributed by atoms with E-state index in [2.05, 4.69) is 4.98 Å². The third-order valence-electron chi connectivity index (χ3n) is 3.27. The summed E-state index contributed by atoms with van der Waals surface area (Å²) in [6.45, 7) is 1.72. The molecule has 1 amide bonds. The summed E-state index contributed by atoms with van der Waals surface area (Å²) >= 11 is 5.83. The third kappa shape index (κ3) is 3.36. The monoisotopic (exact) mass is 310 g/mol. The lowest BCUT2D eigenvalue weighted by Crippen LogP contribution is -2.30. The van der Waals surface area contributed by atoms with E-state index < -0.39 is 17.7 Å². The Morgan fingerprint density at radius 1 is 1.24 bits per heavy atom. The zero-order valence-corrected chi connectivity index (χ0v) is 12.2. The molecule has 1 unspecified atom stereocenters. The molecule has 0 aliphatic heterocycles. The maximum Gasteiger partial charge on any atom is 0.272 e. The van der Waals surface area contributed by atoms with E-state index >= 15 is 0 Å². The van der Waals surface area contributed by atoms with Crippen LogP contribution in [0.2, 0.25) is 5.02 Å². The van der Waals surface area contributed by atoms with Crippen LogP contribution in [0.15, 0.2) is 36.5 Å². The predicted molar refractivity (Wildman–Crippen MR) is 76.1 cm³/mol. The van der Waals surface area contributed by atoms with Crippen LogP contribution in [0, 0.1) is 11.6 Å². The van der Waals surface area contributed by atoms with Crippen molar-refractivity contribution in [3.05, 3.63) is 64.4 Å². The van der Waals surface area contributed by atoms with Gasteiger partial charge in [0.25, 0.3) is 5.91 Å². The Morgan fingerprint density at radius 2 is 1.95 bits per heavy atom. The highest BCUT2D eigenvalue weighted by Gasteiger charge is 2.21. The summed E-state index contributed by atoms with van der Waals surface area (Å²) in [7, 11) is 1.57. The molecule has 0 N–H and O–H groups in total. The zero-order valence-electron chi connectivity index (χ0n) is 11.5. The number of benzene rings is 1. The topological polar surface area (TPSA) is 33.2 Å². The predicted octanol–water partition coefficient (Wildman–Crippen LogP) is 3.85. The highest BCUT2D eigenvalue weighted by Crippen LogP contribution is 2.22. The summed E-state index contributed by atoms with van der Waals surface area (Å²) in [5.41, 5.74) is 0.686. The van der Waals surface area contributed by atoms with Crippen molar-refractivity contribution in [2.45, 2.75) is 13.0 Å². The molecule has 110 valence electrons. The molecule has 0 bridgehead atoms. The lowest BCUT2D eigenvalue weighted by Gasteiger charge is -2.25. The molecule has 2 rings (SSSR count). The summed E-state index contributed by atoms with van der Waals surface area (Å²) in [4.78, 5) is 17.7. The molecule has 1 aromatic heterocycles. The van der Waals surface area contributed by atoms with E-state index in [1.54, 1.807) is 20.0 Å².